The van der Waals surface area contributed by atoms with Gasteiger partial charge in [0.15, 0.2) is 12.3 Å². The summed E-state index contributed by atoms with van der Waals surface area (Å²) in [6, 6.07) is 19.5. The van der Waals surface area contributed by atoms with E-state index in [2.05, 4.69) is 96.0 Å². The molecule has 2 saturated heterocycles. The number of carbonyl (C=O) groups excluding carboxylic acids is 1. The smallest absolute Gasteiger partial charge is 0.412 e. The topological polar surface area (TPSA) is 130 Å². The fraction of sp³-hybridized carbons (Fsp3) is 0.447. The predicted molar refractivity (Wildman–Crippen MR) is 203 cm³/mol. The van der Waals surface area contributed by atoms with Gasteiger partial charge in [-0.1, -0.05) is 104 Å². The Hall–Kier alpha value is -3.86. The monoisotopic (exact) mass is 729 g/mol. The van der Waals surface area contributed by atoms with Crippen molar-refractivity contribution in [1.82, 2.24) is 9.55 Å². The Labute approximate surface area is 299 Å². The summed E-state index contributed by atoms with van der Waals surface area (Å²) >= 11 is 0. The lowest BCUT2D eigenvalue weighted by Gasteiger charge is -2.51. The normalized spacial score (nSPS) is 23.4. The molecule has 0 aliphatic carbocycles. The highest BCUT2D eigenvalue weighted by Crippen LogP contribution is 2.49. The van der Waals surface area contributed by atoms with Gasteiger partial charge in [-0.3, -0.25) is 19.7 Å². The van der Waals surface area contributed by atoms with Crippen LogP contribution in [0.5, 0.6) is 0 Å². The molecule has 2 N–H and O–H groups in total. The van der Waals surface area contributed by atoms with Crippen LogP contribution in [0.3, 0.4) is 0 Å². The molecule has 5 aromatic rings. The average Bonchev–Trinajstić information content (AvgIpc) is 3.38. The highest BCUT2D eigenvalue weighted by molar-refractivity contribution is 6.84. The number of ether oxygens (including phenoxy) is 2. The van der Waals surface area contributed by atoms with Gasteiger partial charge in [0.2, 0.25) is 0 Å². The zero-order chi connectivity index (χ0) is 36.4. The van der Waals surface area contributed by atoms with E-state index in [-0.39, 0.29) is 28.8 Å². The number of aromatic amines is 1. The van der Waals surface area contributed by atoms with Gasteiger partial charge in [0.05, 0.1) is 12.3 Å². The summed E-state index contributed by atoms with van der Waals surface area (Å²) in [4.78, 5) is 41.7. The van der Waals surface area contributed by atoms with E-state index in [1.165, 1.54) is 16.8 Å². The zero-order valence-electron chi connectivity index (χ0n) is 30.4. The first-order valence-corrected chi connectivity index (χ1v) is 21.8. The van der Waals surface area contributed by atoms with Crippen molar-refractivity contribution >= 4 is 61.2 Å². The van der Waals surface area contributed by atoms with E-state index in [9.17, 15) is 14.4 Å². The summed E-state index contributed by atoms with van der Waals surface area (Å²) < 4.78 is 35.7. The van der Waals surface area contributed by atoms with Crippen molar-refractivity contribution in [2.75, 3.05) is 11.9 Å². The van der Waals surface area contributed by atoms with Crippen LogP contribution >= 0.6 is 0 Å². The Morgan fingerprint density at radius 1 is 0.824 bits per heavy atom. The number of aromatic nitrogens is 2. The molecule has 4 atom stereocenters. The number of benzene rings is 4. The Morgan fingerprint density at radius 3 is 2.06 bits per heavy atom. The number of carbonyl (C=O) groups is 1. The van der Waals surface area contributed by atoms with Gasteiger partial charge in [-0.25, -0.2) is 9.59 Å². The van der Waals surface area contributed by atoms with Crippen LogP contribution in [0.2, 0.25) is 22.2 Å². The molecule has 2 aliphatic rings. The maximum atomic E-state index is 14.0. The number of anilines is 1. The van der Waals surface area contributed by atoms with Crippen LogP contribution in [0.15, 0.2) is 76.4 Å². The van der Waals surface area contributed by atoms with Crippen molar-refractivity contribution in [3.8, 4) is 0 Å². The maximum Gasteiger partial charge on any atom is 0.412 e. The van der Waals surface area contributed by atoms with Crippen LogP contribution in [0.4, 0.5) is 10.5 Å². The number of fused-ring (bicyclic) bond motifs is 1. The summed E-state index contributed by atoms with van der Waals surface area (Å²) in [5, 5.41) is 9.34. The van der Waals surface area contributed by atoms with Crippen LogP contribution in [0.1, 0.15) is 61.6 Å². The summed E-state index contributed by atoms with van der Waals surface area (Å²) in [7, 11) is -6.06. The molecule has 4 aromatic carbocycles. The quantitative estimate of drug-likeness (QED) is 0.128. The molecule has 13 heteroatoms. The zero-order valence-corrected chi connectivity index (χ0v) is 32.4. The minimum absolute atomic E-state index is 0.00533. The van der Waals surface area contributed by atoms with Crippen molar-refractivity contribution in [1.29, 1.82) is 0 Å². The third-order valence-electron chi connectivity index (χ3n) is 10.8. The van der Waals surface area contributed by atoms with Gasteiger partial charge in [-0.15, -0.1) is 0 Å². The SMILES string of the molecule is CC(C)[Si]1(C(C)C)OC[C@H]2O[C@@H](n3ccc(=O)[nH]c3=O)[C@H](OC(=O)Nc3ccc4ccc5cccc6ccc3c4c56)[C@@H]2O[Si](C(C)C)(C(C)C)O1. The van der Waals surface area contributed by atoms with Gasteiger partial charge in [-0.05, 0) is 55.2 Å². The summed E-state index contributed by atoms with van der Waals surface area (Å²) in [6.45, 7) is 17.1. The average molecular weight is 730 g/mol. The molecule has 7 rings (SSSR count). The second kappa shape index (κ2) is 13.3. The molecule has 1 aromatic heterocycles. The van der Waals surface area contributed by atoms with Crippen LogP contribution in [0.25, 0.3) is 32.3 Å². The molecule has 0 unspecified atom stereocenters. The number of hydrogen-bond acceptors (Lipinski definition) is 8. The fourth-order valence-corrected chi connectivity index (χ4v) is 19.4. The van der Waals surface area contributed by atoms with Gasteiger partial charge in [0.1, 0.15) is 12.2 Å². The van der Waals surface area contributed by atoms with E-state index >= 15 is 0 Å². The molecule has 0 spiro atoms. The second-order valence-corrected chi connectivity index (χ2v) is 23.9. The maximum absolute atomic E-state index is 14.0. The standard InChI is InChI=1S/C38H47N3O8Si2/c1-21(2)50(22(3)4)45-20-30-34(48-51(49-50,23(5)6)24(7)8)35(36(46-30)41-19-18-31(42)40-37(41)43)47-38(44)39-29-17-15-27-13-12-25-10-9-11-26-14-16-28(29)33(27)32(25)26/h9-19,21-24,30,34-36H,20H2,1-8H3,(H,39,44)(H,40,42,43)/t30-,34-,35-,36-/m1/s1. The molecular formula is C38H47N3O8Si2. The number of amides is 1. The molecular weight excluding hydrogens is 683 g/mol. The number of hydrogen-bond donors (Lipinski definition) is 2. The van der Waals surface area contributed by atoms with E-state index in [1.807, 2.05) is 24.3 Å². The Kier molecular flexibility index (Phi) is 9.26. The van der Waals surface area contributed by atoms with Crippen molar-refractivity contribution in [3.63, 3.8) is 0 Å². The van der Waals surface area contributed by atoms with Gasteiger partial charge < -0.3 is 22.4 Å². The predicted octanol–water partition coefficient (Wildman–Crippen LogP) is 7.91. The van der Waals surface area contributed by atoms with E-state index in [0.29, 0.717) is 5.69 Å². The van der Waals surface area contributed by atoms with Gasteiger partial charge >= 0.3 is 28.9 Å². The van der Waals surface area contributed by atoms with Gasteiger partial charge in [-0.2, -0.15) is 0 Å². The minimum atomic E-state index is -3.16. The van der Waals surface area contributed by atoms with E-state index < -0.39 is 59.0 Å². The molecule has 2 aliphatic heterocycles. The summed E-state index contributed by atoms with van der Waals surface area (Å²) in [5.41, 5.74) is -0.413. The number of nitrogens with one attached hydrogen (secondary N) is 2. The van der Waals surface area contributed by atoms with E-state index in [0.717, 1.165) is 32.3 Å². The summed E-state index contributed by atoms with van der Waals surface area (Å²) in [6.07, 6.45) is -3.11. The van der Waals surface area contributed by atoms with Gasteiger partial charge in [0, 0.05) is 17.6 Å². The molecule has 51 heavy (non-hydrogen) atoms. The molecule has 270 valence electrons. The molecule has 1 amide bonds. The third kappa shape index (κ3) is 5.93. The van der Waals surface area contributed by atoms with Crippen LogP contribution in [-0.4, -0.2) is 57.7 Å². The molecule has 0 saturated carbocycles. The first-order valence-electron chi connectivity index (χ1n) is 17.9. The lowest BCUT2D eigenvalue weighted by Crippen LogP contribution is -2.66. The third-order valence-corrected chi connectivity index (χ3v) is 21.0. The lowest BCUT2D eigenvalue weighted by atomic mass is 9.93. The van der Waals surface area contributed by atoms with E-state index in [1.54, 1.807) is 0 Å². The minimum Gasteiger partial charge on any atom is -0.438 e. The first-order chi connectivity index (χ1) is 24.3. The van der Waals surface area contributed by atoms with Crippen LogP contribution in [-0.2, 0) is 22.4 Å². The van der Waals surface area contributed by atoms with Crippen molar-refractivity contribution in [3.05, 3.63) is 87.7 Å². The first kappa shape index (κ1) is 35.5. The lowest BCUT2D eigenvalue weighted by molar-refractivity contribution is -0.0604. The number of H-pyrrole nitrogens is 1. The van der Waals surface area contributed by atoms with Crippen LogP contribution in [0, 0.1) is 0 Å². The Bertz CT molecular complexity index is 2170. The van der Waals surface area contributed by atoms with Crippen molar-refractivity contribution in [2.24, 2.45) is 0 Å². The number of nitrogens with zero attached hydrogens (tertiary/aromatic N) is 1. The van der Waals surface area contributed by atoms with Crippen LogP contribution < -0.4 is 16.6 Å². The largest absolute Gasteiger partial charge is 0.438 e. The summed E-state index contributed by atoms with van der Waals surface area (Å²) in [5.74, 6) is 0. The molecule has 2 fully saturated rings. The van der Waals surface area contributed by atoms with E-state index in [4.69, 9.17) is 22.4 Å². The van der Waals surface area contributed by atoms with Gasteiger partial charge in [0.25, 0.3) is 5.56 Å². The number of rotatable bonds is 7. The fourth-order valence-electron chi connectivity index (χ4n) is 8.21. The van der Waals surface area contributed by atoms with Crippen molar-refractivity contribution in [2.45, 2.75) is 102 Å². The molecule has 0 radical (unpaired) electrons. The second-order valence-electron chi connectivity index (χ2n) is 15.1. The Morgan fingerprint density at radius 2 is 1.43 bits per heavy atom. The highest BCUT2D eigenvalue weighted by Gasteiger charge is 2.62. The highest BCUT2D eigenvalue weighted by atomic mass is 28.5. The molecule has 0 bridgehead atoms. The Balaban J connectivity index is 1.29. The molecule has 3 heterocycles. The van der Waals surface area contributed by atoms with Crippen molar-refractivity contribution < 1.29 is 27.2 Å². The molecule has 11 nitrogen and oxygen atoms in total.